The Balaban J connectivity index is 4.48. The van der Waals surface area contributed by atoms with Gasteiger partial charge in [-0.2, -0.15) is 0 Å². The molecule has 0 aliphatic carbocycles. The predicted octanol–water partition coefficient (Wildman–Crippen LogP) is 20.6. The summed E-state index contributed by atoms with van der Waals surface area (Å²) in [6.45, 7) is 2.52. The Morgan fingerprint density at radius 1 is 0.312 bits per heavy atom. The van der Waals surface area contributed by atoms with Gasteiger partial charge in [-0.15, -0.1) is 0 Å². The highest BCUT2D eigenvalue weighted by molar-refractivity contribution is 7.47. The zero-order valence-corrected chi connectivity index (χ0v) is 60.2. The maximum absolute atomic E-state index is 12.9. The summed E-state index contributed by atoms with van der Waals surface area (Å²) in [5, 5.41) is 20.6. The van der Waals surface area contributed by atoms with Crippen LogP contribution in [0.5, 0.6) is 0 Å². The summed E-state index contributed by atoms with van der Waals surface area (Å²) in [6, 6.07) is 0. The Bertz CT molecular complexity index is 2080. The van der Waals surface area contributed by atoms with Gasteiger partial charge in [0.05, 0.1) is 26.4 Å². The van der Waals surface area contributed by atoms with E-state index in [0.29, 0.717) is 19.3 Å². The van der Waals surface area contributed by atoms with E-state index in [0.717, 1.165) is 141 Å². The molecule has 0 aromatic carbocycles. The van der Waals surface area contributed by atoms with Crippen molar-refractivity contribution >= 4 is 33.6 Å². The molecule has 0 aliphatic rings. The number of hydrogen-bond donors (Lipinski definition) is 4. The number of rotatable bonds is 69. The number of aliphatic hydroxyl groups is 2. The van der Waals surface area contributed by atoms with E-state index in [9.17, 15) is 43.5 Å². The molecule has 93 heavy (non-hydrogen) atoms. The summed E-state index contributed by atoms with van der Waals surface area (Å²) in [5.74, 6) is -1.58. The van der Waals surface area contributed by atoms with Crippen LogP contribution in [0.25, 0.3) is 0 Å². The summed E-state index contributed by atoms with van der Waals surface area (Å²) in [7, 11) is -9.77. The molecule has 0 saturated heterocycles. The van der Waals surface area contributed by atoms with Gasteiger partial charge >= 0.3 is 33.6 Å². The molecule has 5 atom stereocenters. The van der Waals surface area contributed by atoms with Gasteiger partial charge in [-0.05, 0) is 103 Å². The number of phosphoric ester groups is 2. The van der Waals surface area contributed by atoms with Gasteiger partial charge in [0.25, 0.3) is 0 Å². The third-order valence-electron chi connectivity index (χ3n) is 15.3. The van der Waals surface area contributed by atoms with E-state index in [1.54, 1.807) is 0 Å². The van der Waals surface area contributed by atoms with Crippen LogP contribution in [-0.4, -0.2) is 95.9 Å². The summed E-state index contributed by atoms with van der Waals surface area (Å²) in [4.78, 5) is 58.4. The fourth-order valence-electron chi connectivity index (χ4n) is 9.72. The van der Waals surface area contributed by atoms with Crippen molar-refractivity contribution < 1.29 is 75.8 Å². The monoisotopic (exact) mass is 1350 g/mol. The second-order valence-electron chi connectivity index (χ2n) is 24.4. The molecule has 0 amide bonds. The molecule has 0 aromatic heterocycles. The SMILES string of the molecule is CC/C=C\C/C=C\C/C=C\C/C=C\C/C=C\CCCCCCCCCCCCCC(=O)OCC(O)COP(=O)(O)OCC(O)COP(=O)(O)OCC(COC(=O)CCCCCCCC/C=C\C/C=C\C/C=C\CCCCC)OC(=O)CCCCCCCCCCCCC. The largest absolute Gasteiger partial charge is 0.472 e. The standard InChI is InChI=1S/C75H132O16P2/c1-4-7-10-13-16-19-22-24-26-28-30-31-32-33-34-35-36-37-39-41-42-44-47-49-52-55-58-61-73(78)85-64-70(76)65-87-92(81,82)88-66-71(77)67-89-93(83,84)90-69-72(91-75(80)63-60-57-54-51-46-21-18-15-12-9-6-3)68-86-74(79)62-59-56-53-50-48-45-43-40-38-29-27-25-23-20-17-14-11-8-5-2/h7,10,16-17,19-20,24-27,30-31,33-34,38,40,70-72,76-77H,4-6,8-9,11-15,18,21-23,28-29,32,35-37,39,41-69H2,1-3H3,(H,81,82)(H,83,84)/b10-7-,19-16-,20-17-,26-24-,27-25-,31-30-,34-33-,40-38-. The van der Waals surface area contributed by atoms with Crippen LogP contribution in [0.1, 0.15) is 303 Å². The molecule has 5 unspecified atom stereocenters. The van der Waals surface area contributed by atoms with Crippen LogP contribution in [0.15, 0.2) is 97.2 Å². The molecule has 0 rings (SSSR count). The number of esters is 3. The minimum atomic E-state index is -4.92. The third kappa shape index (κ3) is 69.6. The average Bonchev–Trinajstić information content (AvgIpc) is 2.94. The number of carbonyl (C=O) groups is 3. The van der Waals surface area contributed by atoms with Crippen LogP contribution in [0.3, 0.4) is 0 Å². The highest BCUT2D eigenvalue weighted by Gasteiger charge is 2.29. The van der Waals surface area contributed by atoms with E-state index < -0.39 is 91.5 Å². The molecule has 18 heteroatoms. The Morgan fingerprint density at radius 3 is 0.925 bits per heavy atom. The van der Waals surface area contributed by atoms with Crippen molar-refractivity contribution in [3.63, 3.8) is 0 Å². The van der Waals surface area contributed by atoms with Gasteiger partial charge in [-0.1, -0.05) is 279 Å². The number of ether oxygens (including phenoxy) is 3. The van der Waals surface area contributed by atoms with Crippen LogP contribution < -0.4 is 0 Å². The maximum atomic E-state index is 12.9. The molecule has 0 spiro atoms. The molecule has 0 aromatic rings. The lowest BCUT2D eigenvalue weighted by Gasteiger charge is -2.21. The third-order valence-corrected chi connectivity index (χ3v) is 17.2. The van der Waals surface area contributed by atoms with E-state index in [4.69, 9.17) is 32.3 Å². The van der Waals surface area contributed by atoms with Gasteiger partial charge in [-0.25, -0.2) is 9.13 Å². The Kier molecular flexibility index (Phi) is 65.8. The van der Waals surface area contributed by atoms with Crippen molar-refractivity contribution in [3.05, 3.63) is 97.2 Å². The summed E-state index contributed by atoms with van der Waals surface area (Å²) >= 11 is 0. The normalized spacial score (nSPS) is 14.7. The molecule has 0 saturated carbocycles. The van der Waals surface area contributed by atoms with E-state index in [-0.39, 0.29) is 19.3 Å². The highest BCUT2D eigenvalue weighted by Crippen LogP contribution is 2.45. The number of allylic oxidation sites excluding steroid dienone is 16. The number of phosphoric acid groups is 2. The first-order chi connectivity index (χ1) is 45.2. The molecule has 0 aliphatic heterocycles. The van der Waals surface area contributed by atoms with Crippen LogP contribution in [0.2, 0.25) is 0 Å². The second kappa shape index (κ2) is 68.4. The molecule has 0 fully saturated rings. The van der Waals surface area contributed by atoms with E-state index in [1.807, 2.05) is 0 Å². The van der Waals surface area contributed by atoms with Gasteiger partial charge in [0.1, 0.15) is 25.4 Å². The van der Waals surface area contributed by atoms with Gasteiger partial charge < -0.3 is 34.2 Å². The summed E-state index contributed by atoms with van der Waals surface area (Å²) < 4.78 is 60.9. The van der Waals surface area contributed by atoms with Gasteiger partial charge in [0, 0.05) is 19.3 Å². The topological polar surface area (TPSA) is 231 Å². The fourth-order valence-corrected chi connectivity index (χ4v) is 11.3. The van der Waals surface area contributed by atoms with Gasteiger partial charge in [0.2, 0.25) is 0 Å². The highest BCUT2D eigenvalue weighted by atomic mass is 31.2. The first kappa shape index (κ1) is 89.5. The number of hydrogen-bond acceptors (Lipinski definition) is 14. The van der Waals surface area contributed by atoms with Crippen molar-refractivity contribution in [3.8, 4) is 0 Å². The van der Waals surface area contributed by atoms with E-state index in [2.05, 4.69) is 118 Å². The Hall–Kier alpha value is -3.53. The zero-order valence-electron chi connectivity index (χ0n) is 58.4. The lowest BCUT2D eigenvalue weighted by atomic mass is 10.0. The van der Waals surface area contributed by atoms with Crippen LogP contribution in [0.4, 0.5) is 0 Å². The minimum absolute atomic E-state index is 0.104. The Morgan fingerprint density at radius 2 is 0.570 bits per heavy atom. The number of unbranched alkanes of at least 4 members (excludes halogenated alkanes) is 30. The smallest absolute Gasteiger partial charge is 0.463 e. The maximum Gasteiger partial charge on any atom is 0.472 e. The van der Waals surface area contributed by atoms with Crippen molar-refractivity contribution in [2.75, 3.05) is 39.6 Å². The van der Waals surface area contributed by atoms with Gasteiger partial charge in [-0.3, -0.25) is 32.5 Å². The molecular formula is C75H132O16P2. The second-order valence-corrected chi connectivity index (χ2v) is 27.3. The lowest BCUT2D eigenvalue weighted by Crippen LogP contribution is -2.30. The molecule has 0 radical (unpaired) electrons. The summed E-state index contributed by atoms with van der Waals surface area (Å²) in [6.07, 6.45) is 76.1. The minimum Gasteiger partial charge on any atom is -0.463 e. The predicted molar refractivity (Wildman–Crippen MR) is 381 cm³/mol. The first-order valence-electron chi connectivity index (χ1n) is 36.5. The van der Waals surface area contributed by atoms with Crippen LogP contribution in [0, 0.1) is 0 Å². The van der Waals surface area contributed by atoms with Crippen LogP contribution in [-0.2, 0) is 55.8 Å². The zero-order chi connectivity index (χ0) is 68.1. The van der Waals surface area contributed by atoms with E-state index >= 15 is 0 Å². The van der Waals surface area contributed by atoms with Crippen molar-refractivity contribution in [1.82, 2.24) is 0 Å². The lowest BCUT2D eigenvalue weighted by molar-refractivity contribution is -0.161. The molecular weight excluding hydrogens is 1220 g/mol. The fraction of sp³-hybridized carbons (Fsp3) is 0.747. The van der Waals surface area contributed by atoms with Crippen molar-refractivity contribution in [2.24, 2.45) is 0 Å². The number of carbonyl (C=O) groups excluding carboxylic acids is 3. The molecule has 4 N–H and O–H groups in total. The van der Waals surface area contributed by atoms with Crippen LogP contribution >= 0.6 is 15.6 Å². The van der Waals surface area contributed by atoms with Crippen molar-refractivity contribution in [2.45, 2.75) is 322 Å². The average molecular weight is 1350 g/mol. The molecule has 538 valence electrons. The van der Waals surface area contributed by atoms with E-state index in [1.165, 1.54) is 103 Å². The molecule has 16 nitrogen and oxygen atoms in total. The number of aliphatic hydroxyl groups excluding tert-OH is 2. The Labute approximate surface area is 565 Å². The quantitative estimate of drug-likeness (QED) is 0.0146. The van der Waals surface area contributed by atoms with Gasteiger partial charge in [0.15, 0.2) is 6.10 Å². The first-order valence-corrected chi connectivity index (χ1v) is 39.5. The molecule has 0 bridgehead atoms. The molecule has 0 heterocycles. The van der Waals surface area contributed by atoms with Crippen molar-refractivity contribution in [1.29, 1.82) is 0 Å². The summed E-state index contributed by atoms with van der Waals surface area (Å²) in [5.41, 5.74) is 0.